The maximum absolute atomic E-state index is 10.1. The van der Waals surface area contributed by atoms with Gasteiger partial charge in [0, 0.05) is 43.9 Å². The van der Waals surface area contributed by atoms with Gasteiger partial charge in [0.25, 0.3) is 0 Å². The lowest BCUT2D eigenvalue weighted by Crippen LogP contribution is -2.00. The second kappa shape index (κ2) is 13.0. The van der Waals surface area contributed by atoms with Crippen LogP contribution in [-0.4, -0.2) is 19.5 Å². The van der Waals surface area contributed by atoms with Gasteiger partial charge < -0.3 is 8.98 Å². The summed E-state index contributed by atoms with van der Waals surface area (Å²) in [5.41, 5.74) is -1.50. The quantitative estimate of drug-likeness (QED) is 0.171. The molecule has 262 valence electrons. The van der Waals surface area contributed by atoms with E-state index in [9.17, 15) is 13.7 Å². The first kappa shape index (κ1) is 18.6. The summed E-state index contributed by atoms with van der Waals surface area (Å²) in [6.07, 6.45) is 0. The van der Waals surface area contributed by atoms with E-state index < -0.39 is 153 Å². The van der Waals surface area contributed by atoms with Crippen molar-refractivity contribution in [2.24, 2.45) is 0 Å². The van der Waals surface area contributed by atoms with E-state index in [1.54, 1.807) is 36.4 Å². The van der Waals surface area contributed by atoms with Crippen LogP contribution in [0.4, 0.5) is 0 Å². The Labute approximate surface area is 348 Å². The number of furan rings is 1. The molecule has 0 fully saturated rings. The SMILES string of the molecule is [2H]c1c([2H])c(-c2c([2H])c([2H])c([2H])c3oc4c([2H])c([2H])c([2H])c([2H])c4c23)c([2H])c(-n2c3c([2H])c([2H])c([2H])c([2H])c3c3c([2H])c([2H])c(-c4nc(-c5ccccc5)nc(-c5cccc(-c6ccccc6)c5)n4)c([2H])c32)c1[2H]. The lowest BCUT2D eigenvalue weighted by atomic mass is 9.99. The monoisotopic (exact) mass is 734 g/mol. The molecule has 0 atom stereocenters. The van der Waals surface area contributed by atoms with Gasteiger partial charge in [0.15, 0.2) is 17.5 Å². The molecule has 0 unspecified atom stereocenters. The summed E-state index contributed by atoms with van der Waals surface area (Å²) in [6.45, 7) is 0. The van der Waals surface area contributed by atoms with Crippen molar-refractivity contribution in [2.45, 2.75) is 0 Å². The number of hydrogen-bond donors (Lipinski definition) is 0. The van der Waals surface area contributed by atoms with Crippen LogP contribution in [0.5, 0.6) is 0 Å². The Balaban J connectivity index is 1.29. The maximum Gasteiger partial charge on any atom is 0.164 e. The van der Waals surface area contributed by atoms with Crippen LogP contribution < -0.4 is 0 Å². The minimum Gasteiger partial charge on any atom is -0.456 e. The topological polar surface area (TPSA) is 56.7 Å². The first-order chi connectivity index (χ1) is 35.3. The van der Waals surface area contributed by atoms with E-state index in [2.05, 4.69) is 0 Å². The molecule has 0 aliphatic carbocycles. The van der Waals surface area contributed by atoms with E-state index in [-0.39, 0.29) is 39.2 Å². The second-order valence-corrected chi connectivity index (χ2v) is 12.6. The standard InChI is InChI=1S/C51H32N4O/c1-3-14-33(15-4-1)35-18-11-20-37(30-35)50-52-49(34-16-5-2-6-17-34)53-51(54-50)38-28-29-42-41-22-7-9-25-44(41)55(45(42)32-38)39-21-12-19-36(31-39)40-24-13-27-47-48(40)43-23-8-10-26-46(43)56-47/h1-32H/i7D,8D,9D,10D,12D,13D,19D,21D,22D,23D,24D,25D,26D,27D,28D,29D,31D,32D. The first-order valence-electron chi connectivity index (χ1n) is 26.3. The van der Waals surface area contributed by atoms with Crippen molar-refractivity contribution in [3.8, 4) is 62.1 Å². The Morgan fingerprint density at radius 3 is 1.91 bits per heavy atom. The average Bonchev–Trinajstić information content (AvgIpc) is 4.00. The van der Waals surface area contributed by atoms with Gasteiger partial charge in [-0.2, -0.15) is 0 Å². The van der Waals surface area contributed by atoms with E-state index in [0.717, 1.165) is 15.7 Å². The third kappa shape index (κ3) is 5.37. The molecule has 0 N–H and O–H groups in total. The molecule has 0 bridgehead atoms. The molecule has 5 heteroatoms. The molecule has 0 aliphatic heterocycles. The van der Waals surface area contributed by atoms with Gasteiger partial charge in [-0.3, -0.25) is 0 Å². The molecule has 0 radical (unpaired) electrons. The Morgan fingerprint density at radius 2 is 1.07 bits per heavy atom. The maximum atomic E-state index is 10.1. The number of fused-ring (bicyclic) bond motifs is 6. The summed E-state index contributed by atoms with van der Waals surface area (Å²) in [6, 6.07) is 11.9. The van der Waals surface area contributed by atoms with Crippen LogP contribution in [0.1, 0.15) is 24.7 Å². The molecule has 11 rings (SSSR count). The van der Waals surface area contributed by atoms with Gasteiger partial charge in [-0.1, -0.05) is 151 Å². The molecule has 0 saturated heterocycles. The zero-order valence-electron chi connectivity index (χ0n) is 46.8. The Kier molecular flexibility index (Phi) is 4.33. The highest BCUT2D eigenvalue weighted by atomic mass is 16.3. The fourth-order valence-electron chi connectivity index (χ4n) is 6.77. The van der Waals surface area contributed by atoms with E-state index in [0.29, 0.717) is 11.1 Å². The summed E-state index contributed by atoms with van der Waals surface area (Å²) in [5, 5.41) is -1.52. The Hall–Kier alpha value is -7.63. The number of rotatable bonds is 6. The number of aromatic nitrogens is 4. The van der Waals surface area contributed by atoms with Crippen LogP contribution in [0, 0.1) is 0 Å². The van der Waals surface area contributed by atoms with E-state index in [4.69, 9.17) is 30.3 Å². The first-order valence-corrected chi connectivity index (χ1v) is 17.3. The van der Waals surface area contributed by atoms with E-state index in [1.165, 1.54) is 0 Å². The van der Waals surface area contributed by atoms with Crippen molar-refractivity contribution in [3.63, 3.8) is 0 Å². The zero-order chi connectivity index (χ0) is 52.7. The molecule has 3 aromatic heterocycles. The molecular formula is C51H32N4O. The summed E-state index contributed by atoms with van der Waals surface area (Å²) in [5.74, 6) is -0.0631. The van der Waals surface area contributed by atoms with Crippen LogP contribution in [0.15, 0.2) is 198 Å². The normalized spacial score (nSPS) is 16.1. The summed E-state index contributed by atoms with van der Waals surface area (Å²) >= 11 is 0. The molecule has 11 aromatic rings. The van der Waals surface area contributed by atoms with Gasteiger partial charge in [0.1, 0.15) is 11.2 Å². The summed E-state index contributed by atoms with van der Waals surface area (Å²) in [4.78, 5) is 14.4. The number of nitrogens with zero attached hydrogens (tertiary/aromatic N) is 4. The fourth-order valence-corrected chi connectivity index (χ4v) is 6.77. The molecule has 0 saturated carbocycles. The molecule has 8 aromatic carbocycles. The molecule has 0 aliphatic rings. The van der Waals surface area contributed by atoms with Gasteiger partial charge in [-0.15, -0.1) is 0 Å². The van der Waals surface area contributed by atoms with Crippen LogP contribution >= 0.6 is 0 Å². The lowest BCUT2D eigenvalue weighted by molar-refractivity contribution is 0.669. The van der Waals surface area contributed by atoms with Crippen LogP contribution in [-0.2, 0) is 0 Å². The van der Waals surface area contributed by atoms with E-state index >= 15 is 0 Å². The minimum atomic E-state index is -0.923. The van der Waals surface area contributed by atoms with Gasteiger partial charge in [0.05, 0.1) is 35.7 Å². The van der Waals surface area contributed by atoms with Gasteiger partial charge in [-0.25, -0.2) is 15.0 Å². The van der Waals surface area contributed by atoms with Crippen molar-refractivity contribution < 1.29 is 29.1 Å². The Morgan fingerprint density at radius 1 is 0.429 bits per heavy atom. The molecular weight excluding hydrogens is 685 g/mol. The number of para-hydroxylation sites is 2. The third-order valence-corrected chi connectivity index (χ3v) is 9.31. The van der Waals surface area contributed by atoms with Crippen molar-refractivity contribution in [2.75, 3.05) is 0 Å². The molecule has 56 heavy (non-hydrogen) atoms. The van der Waals surface area contributed by atoms with Crippen molar-refractivity contribution in [1.29, 1.82) is 0 Å². The third-order valence-electron chi connectivity index (χ3n) is 9.31. The largest absolute Gasteiger partial charge is 0.456 e. The molecule has 3 heterocycles. The van der Waals surface area contributed by atoms with E-state index in [1.807, 2.05) is 48.5 Å². The van der Waals surface area contributed by atoms with Gasteiger partial charge in [-0.05, 0) is 64.6 Å². The lowest BCUT2D eigenvalue weighted by Gasteiger charge is -2.12. The van der Waals surface area contributed by atoms with Crippen molar-refractivity contribution in [3.05, 3.63) is 194 Å². The van der Waals surface area contributed by atoms with Crippen LogP contribution in [0.2, 0.25) is 0 Å². The molecule has 5 nitrogen and oxygen atoms in total. The van der Waals surface area contributed by atoms with Gasteiger partial charge in [0.2, 0.25) is 0 Å². The average molecular weight is 735 g/mol. The number of hydrogen-bond acceptors (Lipinski definition) is 4. The summed E-state index contributed by atoms with van der Waals surface area (Å²) in [7, 11) is 0. The fraction of sp³-hybridized carbons (Fsp3) is 0. The van der Waals surface area contributed by atoms with Crippen LogP contribution in [0.3, 0.4) is 0 Å². The number of benzene rings is 8. The predicted molar refractivity (Wildman–Crippen MR) is 229 cm³/mol. The second-order valence-electron chi connectivity index (χ2n) is 12.6. The minimum absolute atomic E-state index is 0.107. The summed E-state index contributed by atoms with van der Waals surface area (Å²) < 4.78 is 171. The highest BCUT2D eigenvalue weighted by molar-refractivity contribution is 6.13. The predicted octanol–water partition coefficient (Wildman–Crippen LogP) is 13.2. The Bertz CT molecular complexity index is 4300. The highest BCUT2D eigenvalue weighted by Gasteiger charge is 2.18. The van der Waals surface area contributed by atoms with Crippen LogP contribution in [0.25, 0.3) is 106 Å². The highest BCUT2D eigenvalue weighted by Crippen LogP contribution is 2.39. The van der Waals surface area contributed by atoms with Crippen molar-refractivity contribution in [1.82, 2.24) is 19.5 Å². The zero-order valence-corrected chi connectivity index (χ0v) is 28.8. The molecule has 0 spiro atoms. The molecule has 0 amide bonds. The smallest absolute Gasteiger partial charge is 0.164 e. The van der Waals surface area contributed by atoms with Gasteiger partial charge >= 0.3 is 0 Å². The van der Waals surface area contributed by atoms with Crippen molar-refractivity contribution >= 4 is 43.7 Å².